The minimum Gasteiger partial charge on any atom is -0.118 e. The van der Waals surface area contributed by atoms with E-state index in [1.165, 1.54) is 30.4 Å². The zero-order valence-corrected chi connectivity index (χ0v) is 11.4. The van der Waals surface area contributed by atoms with Crippen molar-refractivity contribution in [3.8, 4) is 0 Å². The lowest BCUT2D eigenvalue weighted by atomic mass is 9.80. The minimum absolute atomic E-state index is 0.154. The molecule has 1 aromatic rings. The molecule has 0 aliphatic heterocycles. The van der Waals surface area contributed by atoms with Crippen LogP contribution < -0.4 is 0 Å². The Kier molecular flexibility index (Phi) is 3.81. The Balaban J connectivity index is 2.14. The summed E-state index contributed by atoms with van der Waals surface area (Å²) < 4.78 is 0. The molecular formula is C14H18Cl2. The molecule has 2 rings (SSSR count). The molecule has 1 aliphatic carbocycles. The minimum atomic E-state index is 0.154. The Bertz CT molecular complexity index is 381. The van der Waals surface area contributed by atoms with Crippen molar-refractivity contribution in [1.82, 2.24) is 0 Å². The van der Waals surface area contributed by atoms with Crippen molar-refractivity contribution in [2.24, 2.45) is 5.92 Å². The molecule has 0 bridgehead atoms. The second-order valence-corrected chi connectivity index (χ2v) is 5.89. The highest BCUT2D eigenvalue weighted by Gasteiger charge is 2.22. The van der Waals surface area contributed by atoms with E-state index >= 15 is 0 Å². The molecule has 0 amide bonds. The Morgan fingerprint density at radius 2 is 1.94 bits per heavy atom. The summed E-state index contributed by atoms with van der Waals surface area (Å²) in [5.74, 6) is 0.845. The largest absolute Gasteiger partial charge is 0.118 e. The van der Waals surface area contributed by atoms with Gasteiger partial charge in [-0.2, -0.15) is 0 Å². The standard InChI is InChI=1S/C14H18Cl2/c1-9-7-13(15)10(2)6-12(9)14(16)8-11-4-3-5-11/h6-7,11,14H,3-5,8H2,1-2H3. The van der Waals surface area contributed by atoms with Crippen LogP contribution in [0.15, 0.2) is 12.1 Å². The summed E-state index contributed by atoms with van der Waals surface area (Å²) >= 11 is 12.6. The van der Waals surface area contributed by atoms with Crippen LogP contribution >= 0.6 is 23.2 Å². The summed E-state index contributed by atoms with van der Waals surface area (Å²) in [6.45, 7) is 4.13. The summed E-state index contributed by atoms with van der Waals surface area (Å²) in [5.41, 5.74) is 3.60. The van der Waals surface area contributed by atoms with Gasteiger partial charge in [-0.25, -0.2) is 0 Å². The average Bonchev–Trinajstić information content (AvgIpc) is 2.17. The molecule has 1 saturated carbocycles. The topological polar surface area (TPSA) is 0 Å². The molecule has 0 aromatic heterocycles. The number of hydrogen-bond acceptors (Lipinski definition) is 0. The third-order valence-corrected chi connectivity index (χ3v) is 4.47. The first-order chi connectivity index (χ1) is 7.58. The molecule has 0 radical (unpaired) electrons. The number of rotatable bonds is 3. The van der Waals surface area contributed by atoms with Gasteiger partial charge in [0.25, 0.3) is 0 Å². The van der Waals surface area contributed by atoms with E-state index in [-0.39, 0.29) is 5.38 Å². The maximum absolute atomic E-state index is 6.50. The van der Waals surface area contributed by atoms with E-state index in [0.717, 1.165) is 22.9 Å². The molecule has 0 saturated heterocycles. The van der Waals surface area contributed by atoms with Gasteiger partial charge in [0.1, 0.15) is 0 Å². The van der Waals surface area contributed by atoms with E-state index in [2.05, 4.69) is 13.0 Å². The van der Waals surface area contributed by atoms with Gasteiger partial charge in [0.15, 0.2) is 0 Å². The molecule has 0 spiro atoms. The zero-order valence-electron chi connectivity index (χ0n) is 9.89. The third kappa shape index (κ3) is 2.55. The quantitative estimate of drug-likeness (QED) is 0.633. The Morgan fingerprint density at radius 1 is 1.25 bits per heavy atom. The predicted molar refractivity (Wildman–Crippen MR) is 71.5 cm³/mol. The molecular weight excluding hydrogens is 239 g/mol. The first-order valence-electron chi connectivity index (χ1n) is 5.98. The van der Waals surface area contributed by atoms with Crippen molar-refractivity contribution >= 4 is 23.2 Å². The fourth-order valence-corrected chi connectivity index (χ4v) is 2.99. The second-order valence-electron chi connectivity index (χ2n) is 4.96. The lowest BCUT2D eigenvalue weighted by Crippen LogP contribution is -2.13. The van der Waals surface area contributed by atoms with Gasteiger partial charge in [-0.3, -0.25) is 0 Å². The summed E-state index contributed by atoms with van der Waals surface area (Å²) in [7, 11) is 0. The molecule has 0 heterocycles. The average molecular weight is 257 g/mol. The smallest absolute Gasteiger partial charge is 0.0590 e. The molecule has 1 atom stereocenters. The molecule has 1 aromatic carbocycles. The van der Waals surface area contributed by atoms with Gasteiger partial charge in [0, 0.05) is 5.02 Å². The molecule has 88 valence electrons. The van der Waals surface area contributed by atoms with Gasteiger partial charge in [-0.15, -0.1) is 11.6 Å². The fourth-order valence-electron chi connectivity index (χ4n) is 2.29. The maximum Gasteiger partial charge on any atom is 0.0590 e. The zero-order chi connectivity index (χ0) is 11.7. The van der Waals surface area contributed by atoms with Crippen molar-refractivity contribution in [3.63, 3.8) is 0 Å². The highest BCUT2D eigenvalue weighted by molar-refractivity contribution is 6.31. The number of hydrogen-bond donors (Lipinski definition) is 0. The highest BCUT2D eigenvalue weighted by Crippen LogP contribution is 2.39. The van der Waals surface area contributed by atoms with Crippen LogP contribution in [0, 0.1) is 19.8 Å². The molecule has 1 unspecified atom stereocenters. The first kappa shape index (κ1) is 12.3. The number of aryl methyl sites for hydroxylation is 2. The van der Waals surface area contributed by atoms with E-state index in [4.69, 9.17) is 23.2 Å². The lowest BCUT2D eigenvalue weighted by molar-refractivity contribution is 0.293. The van der Waals surface area contributed by atoms with E-state index < -0.39 is 0 Å². The van der Waals surface area contributed by atoms with Crippen LogP contribution in [0.25, 0.3) is 0 Å². The summed E-state index contributed by atoms with van der Waals surface area (Å²) in [6, 6.07) is 4.18. The molecule has 1 aliphatic rings. The summed E-state index contributed by atoms with van der Waals surface area (Å²) in [6.07, 6.45) is 5.21. The van der Waals surface area contributed by atoms with Crippen LogP contribution in [-0.4, -0.2) is 0 Å². The number of halogens is 2. The Labute approximate surface area is 108 Å². The van der Waals surface area contributed by atoms with Crippen molar-refractivity contribution in [2.45, 2.75) is 44.9 Å². The normalized spacial score (nSPS) is 18.2. The lowest BCUT2D eigenvalue weighted by Gasteiger charge is -2.28. The van der Waals surface area contributed by atoms with E-state index in [0.29, 0.717) is 0 Å². The molecule has 2 heteroatoms. The maximum atomic E-state index is 6.50. The van der Waals surface area contributed by atoms with E-state index in [1.807, 2.05) is 13.0 Å². The van der Waals surface area contributed by atoms with Crippen molar-refractivity contribution in [1.29, 1.82) is 0 Å². The van der Waals surface area contributed by atoms with Crippen LogP contribution in [0.3, 0.4) is 0 Å². The van der Waals surface area contributed by atoms with Gasteiger partial charge in [-0.05, 0) is 48.9 Å². The monoisotopic (exact) mass is 256 g/mol. The van der Waals surface area contributed by atoms with Gasteiger partial charge < -0.3 is 0 Å². The third-order valence-electron chi connectivity index (χ3n) is 3.65. The van der Waals surface area contributed by atoms with Gasteiger partial charge in [0.05, 0.1) is 5.38 Å². The highest BCUT2D eigenvalue weighted by atomic mass is 35.5. The van der Waals surface area contributed by atoms with Gasteiger partial charge >= 0.3 is 0 Å². The van der Waals surface area contributed by atoms with Gasteiger partial charge in [-0.1, -0.05) is 36.9 Å². The molecule has 0 N–H and O–H groups in total. The van der Waals surface area contributed by atoms with E-state index in [1.54, 1.807) is 0 Å². The predicted octanol–water partition coefficient (Wildman–Crippen LogP) is 5.43. The van der Waals surface area contributed by atoms with Crippen LogP contribution in [0.5, 0.6) is 0 Å². The van der Waals surface area contributed by atoms with E-state index in [9.17, 15) is 0 Å². The second kappa shape index (κ2) is 4.98. The number of benzene rings is 1. The van der Waals surface area contributed by atoms with Crippen LogP contribution in [0.4, 0.5) is 0 Å². The number of alkyl halides is 1. The van der Waals surface area contributed by atoms with Crippen LogP contribution in [0.1, 0.15) is 47.8 Å². The Morgan fingerprint density at radius 3 is 2.50 bits per heavy atom. The Hall–Kier alpha value is -0.200. The SMILES string of the molecule is Cc1cc(C(Cl)CC2CCC2)c(C)cc1Cl. The van der Waals surface area contributed by atoms with Gasteiger partial charge in [0.2, 0.25) is 0 Å². The first-order valence-corrected chi connectivity index (χ1v) is 6.80. The van der Waals surface area contributed by atoms with Crippen molar-refractivity contribution in [3.05, 3.63) is 33.8 Å². The summed E-state index contributed by atoms with van der Waals surface area (Å²) in [4.78, 5) is 0. The van der Waals surface area contributed by atoms with Crippen LogP contribution in [-0.2, 0) is 0 Å². The molecule has 0 nitrogen and oxygen atoms in total. The van der Waals surface area contributed by atoms with Crippen molar-refractivity contribution < 1.29 is 0 Å². The molecule has 16 heavy (non-hydrogen) atoms. The molecule has 1 fully saturated rings. The van der Waals surface area contributed by atoms with Crippen molar-refractivity contribution in [2.75, 3.05) is 0 Å². The fraction of sp³-hybridized carbons (Fsp3) is 0.571. The summed E-state index contributed by atoms with van der Waals surface area (Å²) in [5, 5.41) is 0.995. The van der Waals surface area contributed by atoms with Crippen LogP contribution in [0.2, 0.25) is 5.02 Å².